The maximum atomic E-state index is 12.1. The molecule has 124 valence electrons. The van der Waals surface area contributed by atoms with Gasteiger partial charge in [-0.2, -0.15) is 0 Å². The van der Waals surface area contributed by atoms with E-state index in [1.807, 2.05) is 50.2 Å². The van der Waals surface area contributed by atoms with Gasteiger partial charge < -0.3 is 19.8 Å². The Hall–Kier alpha value is -2.95. The molecule has 1 amide bonds. The minimum Gasteiger partial charge on any atom is -0.494 e. The normalized spacial score (nSPS) is 10.6. The van der Waals surface area contributed by atoms with E-state index >= 15 is 0 Å². The first kappa shape index (κ1) is 15.9. The van der Waals surface area contributed by atoms with Gasteiger partial charge in [-0.3, -0.25) is 4.79 Å². The average molecular weight is 324 g/mol. The van der Waals surface area contributed by atoms with Crippen LogP contribution in [0.5, 0.6) is 11.5 Å². The number of aryl methyl sites for hydroxylation is 1. The standard InChI is InChI=1S/C19H20N2O3/c1-3-23-14-7-9-15(10-8-14)24-12-19(22)21-18-6-4-5-17-16(18)11-13(2)20-17/h4-11,20H,3,12H2,1-2H3,(H,21,22). The van der Waals surface area contributed by atoms with Crippen LogP contribution in [0.1, 0.15) is 12.6 Å². The van der Waals surface area contributed by atoms with E-state index in [0.717, 1.165) is 28.0 Å². The van der Waals surface area contributed by atoms with Crippen LogP contribution >= 0.6 is 0 Å². The minimum absolute atomic E-state index is 0.0478. The average Bonchev–Trinajstić information content (AvgIpc) is 2.96. The molecule has 0 radical (unpaired) electrons. The number of amides is 1. The largest absolute Gasteiger partial charge is 0.494 e. The van der Waals surface area contributed by atoms with Crippen molar-refractivity contribution in [3.05, 3.63) is 54.2 Å². The first-order chi connectivity index (χ1) is 11.7. The van der Waals surface area contributed by atoms with Crippen molar-refractivity contribution in [3.8, 4) is 11.5 Å². The number of aromatic nitrogens is 1. The van der Waals surface area contributed by atoms with Crippen molar-refractivity contribution in [3.63, 3.8) is 0 Å². The number of ether oxygens (including phenoxy) is 2. The van der Waals surface area contributed by atoms with Crippen LogP contribution in [0.4, 0.5) is 5.69 Å². The lowest BCUT2D eigenvalue weighted by atomic mass is 10.2. The Kier molecular flexibility index (Phi) is 4.70. The van der Waals surface area contributed by atoms with E-state index in [-0.39, 0.29) is 12.5 Å². The zero-order valence-electron chi connectivity index (χ0n) is 13.8. The maximum Gasteiger partial charge on any atom is 0.262 e. The Labute approximate surface area is 140 Å². The highest BCUT2D eigenvalue weighted by molar-refractivity contribution is 6.02. The fourth-order valence-electron chi connectivity index (χ4n) is 2.54. The van der Waals surface area contributed by atoms with Crippen LogP contribution in [0.25, 0.3) is 10.9 Å². The van der Waals surface area contributed by atoms with Crippen LogP contribution < -0.4 is 14.8 Å². The van der Waals surface area contributed by atoms with Gasteiger partial charge in [0.2, 0.25) is 0 Å². The van der Waals surface area contributed by atoms with E-state index in [4.69, 9.17) is 9.47 Å². The Bertz CT molecular complexity index is 837. The molecule has 0 fully saturated rings. The summed E-state index contributed by atoms with van der Waals surface area (Å²) in [6, 6.07) is 15.0. The quantitative estimate of drug-likeness (QED) is 0.723. The van der Waals surface area contributed by atoms with E-state index in [0.29, 0.717) is 12.4 Å². The molecule has 24 heavy (non-hydrogen) atoms. The van der Waals surface area contributed by atoms with Crippen molar-refractivity contribution in [2.24, 2.45) is 0 Å². The summed E-state index contributed by atoms with van der Waals surface area (Å²) in [6.07, 6.45) is 0. The second-order valence-electron chi connectivity index (χ2n) is 5.46. The van der Waals surface area contributed by atoms with Gasteiger partial charge in [0.05, 0.1) is 12.3 Å². The maximum absolute atomic E-state index is 12.1. The molecule has 0 aliphatic carbocycles. The number of aromatic amines is 1. The SMILES string of the molecule is CCOc1ccc(OCC(=O)Nc2cccc3[nH]c(C)cc23)cc1. The van der Waals surface area contributed by atoms with Gasteiger partial charge in [-0.05, 0) is 56.3 Å². The Morgan fingerprint density at radius 2 is 1.79 bits per heavy atom. The number of fused-ring (bicyclic) bond motifs is 1. The Morgan fingerprint density at radius 3 is 2.50 bits per heavy atom. The van der Waals surface area contributed by atoms with Gasteiger partial charge in [0, 0.05) is 16.6 Å². The van der Waals surface area contributed by atoms with Gasteiger partial charge in [0.15, 0.2) is 6.61 Å². The summed E-state index contributed by atoms with van der Waals surface area (Å²) in [6.45, 7) is 4.49. The monoisotopic (exact) mass is 324 g/mol. The predicted molar refractivity (Wildman–Crippen MR) is 94.8 cm³/mol. The molecule has 0 aliphatic heterocycles. The summed E-state index contributed by atoms with van der Waals surface area (Å²) < 4.78 is 10.9. The molecular formula is C19H20N2O3. The third-order valence-electron chi connectivity index (χ3n) is 3.58. The van der Waals surface area contributed by atoms with Gasteiger partial charge in [-0.15, -0.1) is 0 Å². The molecule has 0 spiro atoms. The number of H-pyrrole nitrogens is 1. The number of nitrogens with one attached hydrogen (secondary N) is 2. The molecule has 2 aromatic carbocycles. The lowest BCUT2D eigenvalue weighted by Gasteiger charge is -2.09. The van der Waals surface area contributed by atoms with Crippen molar-refractivity contribution in [1.82, 2.24) is 4.98 Å². The van der Waals surface area contributed by atoms with Crippen molar-refractivity contribution >= 4 is 22.5 Å². The third-order valence-corrected chi connectivity index (χ3v) is 3.58. The van der Waals surface area contributed by atoms with Gasteiger partial charge in [0.1, 0.15) is 11.5 Å². The van der Waals surface area contributed by atoms with Crippen molar-refractivity contribution in [2.75, 3.05) is 18.5 Å². The van der Waals surface area contributed by atoms with Crippen LogP contribution in [0.3, 0.4) is 0 Å². The molecule has 0 atom stereocenters. The summed E-state index contributed by atoms with van der Waals surface area (Å²) in [5, 5.41) is 3.88. The fraction of sp³-hybridized carbons (Fsp3) is 0.211. The number of rotatable bonds is 6. The van der Waals surface area contributed by atoms with E-state index in [9.17, 15) is 4.79 Å². The zero-order valence-corrected chi connectivity index (χ0v) is 13.8. The number of benzene rings is 2. The minimum atomic E-state index is -0.199. The number of hydrogen-bond donors (Lipinski definition) is 2. The summed E-state index contributed by atoms with van der Waals surface area (Å²) in [5.41, 5.74) is 2.83. The van der Waals surface area contributed by atoms with Crippen molar-refractivity contribution in [2.45, 2.75) is 13.8 Å². The van der Waals surface area contributed by atoms with Gasteiger partial charge >= 0.3 is 0 Å². The van der Waals surface area contributed by atoms with Crippen LogP contribution in [0.2, 0.25) is 0 Å². The molecule has 2 N–H and O–H groups in total. The molecule has 0 unspecified atom stereocenters. The molecule has 0 bridgehead atoms. The number of hydrogen-bond acceptors (Lipinski definition) is 3. The zero-order chi connectivity index (χ0) is 16.9. The van der Waals surface area contributed by atoms with Gasteiger partial charge in [-0.1, -0.05) is 6.07 Å². The summed E-state index contributed by atoms with van der Waals surface area (Å²) in [7, 11) is 0. The highest BCUT2D eigenvalue weighted by Gasteiger charge is 2.08. The fourth-order valence-corrected chi connectivity index (χ4v) is 2.54. The highest BCUT2D eigenvalue weighted by atomic mass is 16.5. The molecule has 1 aromatic heterocycles. The molecule has 0 aliphatic rings. The molecule has 5 heteroatoms. The van der Waals surface area contributed by atoms with Crippen LogP contribution in [-0.2, 0) is 4.79 Å². The van der Waals surface area contributed by atoms with Gasteiger partial charge in [-0.25, -0.2) is 0 Å². The predicted octanol–water partition coefficient (Wildman–Crippen LogP) is 3.89. The highest BCUT2D eigenvalue weighted by Crippen LogP contribution is 2.24. The second-order valence-corrected chi connectivity index (χ2v) is 5.46. The van der Waals surface area contributed by atoms with Crippen LogP contribution in [0, 0.1) is 6.92 Å². The molecule has 0 saturated heterocycles. The van der Waals surface area contributed by atoms with Gasteiger partial charge in [0.25, 0.3) is 5.91 Å². The number of carbonyl (C=O) groups excluding carboxylic acids is 1. The first-order valence-electron chi connectivity index (χ1n) is 7.89. The lowest BCUT2D eigenvalue weighted by molar-refractivity contribution is -0.118. The second kappa shape index (κ2) is 7.08. The third kappa shape index (κ3) is 3.68. The van der Waals surface area contributed by atoms with Crippen molar-refractivity contribution in [1.29, 1.82) is 0 Å². The summed E-state index contributed by atoms with van der Waals surface area (Å²) in [5.74, 6) is 1.21. The van der Waals surface area contributed by atoms with Crippen LogP contribution in [-0.4, -0.2) is 24.1 Å². The summed E-state index contributed by atoms with van der Waals surface area (Å²) >= 11 is 0. The smallest absolute Gasteiger partial charge is 0.262 e. The van der Waals surface area contributed by atoms with E-state index in [1.165, 1.54) is 0 Å². The Morgan fingerprint density at radius 1 is 1.08 bits per heavy atom. The number of anilines is 1. The summed E-state index contributed by atoms with van der Waals surface area (Å²) in [4.78, 5) is 15.4. The van der Waals surface area contributed by atoms with E-state index < -0.39 is 0 Å². The Balaban J connectivity index is 1.60. The number of carbonyl (C=O) groups is 1. The van der Waals surface area contributed by atoms with E-state index in [1.54, 1.807) is 12.1 Å². The van der Waals surface area contributed by atoms with Crippen molar-refractivity contribution < 1.29 is 14.3 Å². The topological polar surface area (TPSA) is 63.4 Å². The molecular weight excluding hydrogens is 304 g/mol. The molecule has 5 nitrogen and oxygen atoms in total. The van der Waals surface area contributed by atoms with Crippen LogP contribution in [0.15, 0.2) is 48.5 Å². The first-order valence-corrected chi connectivity index (χ1v) is 7.89. The van der Waals surface area contributed by atoms with E-state index in [2.05, 4.69) is 10.3 Å². The molecule has 3 rings (SSSR count). The molecule has 3 aromatic rings. The lowest BCUT2D eigenvalue weighted by Crippen LogP contribution is -2.20. The molecule has 0 saturated carbocycles. The molecule has 1 heterocycles.